The SMILES string of the molecule is Cc1cc(/C=C/C(=O)O)cc([N+](=O)[O-])c1Br. The predicted molar refractivity (Wildman–Crippen MR) is 62.2 cm³/mol. The molecule has 1 aromatic carbocycles. The normalized spacial score (nSPS) is 10.6. The second-order valence-electron chi connectivity index (χ2n) is 3.10. The zero-order valence-electron chi connectivity index (χ0n) is 8.31. The van der Waals surface area contributed by atoms with Gasteiger partial charge < -0.3 is 5.11 Å². The van der Waals surface area contributed by atoms with Crippen LogP contribution >= 0.6 is 15.9 Å². The van der Waals surface area contributed by atoms with Gasteiger partial charge in [0.05, 0.1) is 9.40 Å². The summed E-state index contributed by atoms with van der Waals surface area (Å²) in [6.07, 6.45) is 2.25. The number of carbonyl (C=O) groups is 1. The van der Waals surface area contributed by atoms with Gasteiger partial charge in [-0.3, -0.25) is 10.1 Å². The number of benzene rings is 1. The van der Waals surface area contributed by atoms with E-state index in [9.17, 15) is 14.9 Å². The molecule has 0 unspecified atom stereocenters. The summed E-state index contributed by atoms with van der Waals surface area (Å²) in [5, 5.41) is 19.1. The van der Waals surface area contributed by atoms with Crippen molar-refractivity contribution in [1.82, 2.24) is 0 Å². The Morgan fingerprint density at radius 1 is 1.56 bits per heavy atom. The van der Waals surface area contributed by atoms with Crippen molar-refractivity contribution in [2.45, 2.75) is 6.92 Å². The summed E-state index contributed by atoms with van der Waals surface area (Å²) in [7, 11) is 0. The molecule has 0 spiro atoms. The molecule has 0 aliphatic rings. The number of aryl methyl sites for hydroxylation is 1. The summed E-state index contributed by atoms with van der Waals surface area (Å²) in [5.41, 5.74) is 1.08. The molecule has 0 aliphatic heterocycles. The van der Waals surface area contributed by atoms with Crippen molar-refractivity contribution in [2.24, 2.45) is 0 Å². The van der Waals surface area contributed by atoms with Gasteiger partial charge >= 0.3 is 5.97 Å². The van der Waals surface area contributed by atoms with Crippen LogP contribution in [0.5, 0.6) is 0 Å². The van der Waals surface area contributed by atoms with E-state index in [1.54, 1.807) is 13.0 Å². The van der Waals surface area contributed by atoms with Gasteiger partial charge in [-0.05, 0) is 40.1 Å². The highest BCUT2D eigenvalue weighted by Gasteiger charge is 2.14. The summed E-state index contributed by atoms with van der Waals surface area (Å²) < 4.78 is 0.407. The Hall–Kier alpha value is -1.69. The Kier molecular flexibility index (Phi) is 3.78. The Labute approximate surface area is 99.7 Å². The van der Waals surface area contributed by atoms with Gasteiger partial charge in [0.25, 0.3) is 5.69 Å². The molecule has 5 nitrogen and oxygen atoms in total. The minimum absolute atomic E-state index is 0.0787. The number of carboxylic acids is 1. The Morgan fingerprint density at radius 2 is 2.19 bits per heavy atom. The zero-order valence-corrected chi connectivity index (χ0v) is 9.89. The molecule has 0 radical (unpaired) electrons. The first kappa shape index (κ1) is 12.4. The molecule has 0 aromatic heterocycles. The molecule has 1 aromatic rings. The second kappa shape index (κ2) is 4.89. The van der Waals surface area contributed by atoms with Crippen LogP contribution in [0.3, 0.4) is 0 Å². The molecule has 1 N–H and O–H groups in total. The van der Waals surface area contributed by atoms with Gasteiger partial charge in [0.15, 0.2) is 0 Å². The molecule has 0 aliphatic carbocycles. The van der Waals surface area contributed by atoms with Crippen LogP contribution in [-0.4, -0.2) is 16.0 Å². The molecule has 16 heavy (non-hydrogen) atoms. The third kappa shape index (κ3) is 2.90. The fourth-order valence-electron chi connectivity index (χ4n) is 1.17. The average molecular weight is 286 g/mol. The lowest BCUT2D eigenvalue weighted by atomic mass is 10.1. The number of carboxylic acid groups (broad SMARTS) is 1. The standard InChI is InChI=1S/C10H8BrNO4/c1-6-4-7(2-3-9(13)14)5-8(10(6)11)12(15)16/h2-5H,1H3,(H,13,14)/b3-2+. The van der Waals surface area contributed by atoms with Crippen LogP contribution in [0.4, 0.5) is 5.69 Å². The lowest BCUT2D eigenvalue weighted by molar-refractivity contribution is -0.385. The summed E-state index contributed by atoms with van der Waals surface area (Å²) >= 11 is 3.11. The van der Waals surface area contributed by atoms with Gasteiger partial charge in [0, 0.05) is 12.1 Å². The van der Waals surface area contributed by atoms with Gasteiger partial charge in [0.2, 0.25) is 0 Å². The largest absolute Gasteiger partial charge is 0.478 e. The Balaban J connectivity index is 3.24. The van der Waals surface area contributed by atoms with E-state index >= 15 is 0 Å². The van der Waals surface area contributed by atoms with Gasteiger partial charge in [-0.2, -0.15) is 0 Å². The lowest BCUT2D eigenvalue weighted by Crippen LogP contribution is -1.93. The van der Waals surface area contributed by atoms with Crippen molar-refractivity contribution in [2.75, 3.05) is 0 Å². The molecule has 0 atom stereocenters. The first-order valence-corrected chi connectivity index (χ1v) is 5.06. The van der Waals surface area contributed by atoms with Crippen LogP contribution in [0.2, 0.25) is 0 Å². The third-order valence-corrected chi connectivity index (χ3v) is 2.90. The zero-order chi connectivity index (χ0) is 12.3. The molecule has 6 heteroatoms. The van der Waals surface area contributed by atoms with Gasteiger partial charge in [-0.15, -0.1) is 0 Å². The van der Waals surface area contributed by atoms with Crippen molar-refractivity contribution < 1.29 is 14.8 Å². The van der Waals surface area contributed by atoms with Crippen LogP contribution in [0.1, 0.15) is 11.1 Å². The molecule has 0 bridgehead atoms. The van der Waals surface area contributed by atoms with E-state index in [-0.39, 0.29) is 5.69 Å². The van der Waals surface area contributed by atoms with E-state index in [1.165, 1.54) is 12.1 Å². The molecule has 0 amide bonds. The smallest absolute Gasteiger partial charge is 0.328 e. The summed E-state index contributed by atoms with van der Waals surface area (Å²) in [5.74, 6) is -1.09. The number of nitro benzene ring substituents is 1. The topological polar surface area (TPSA) is 80.4 Å². The van der Waals surface area contributed by atoms with Crippen LogP contribution < -0.4 is 0 Å². The average Bonchev–Trinajstić information content (AvgIpc) is 2.19. The quantitative estimate of drug-likeness (QED) is 0.526. The fourth-order valence-corrected chi connectivity index (χ4v) is 1.55. The summed E-state index contributed by atoms with van der Waals surface area (Å²) in [4.78, 5) is 20.5. The highest BCUT2D eigenvalue weighted by molar-refractivity contribution is 9.10. The first-order chi connectivity index (χ1) is 7.41. The Bertz CT molecular complexity index is 482. The van der Waals surface area contributed by atoms with Gasteiger partial charge in [-0.25, -0.2) is 4.79 Å². The number of hydrogen-bond acceptors (Lipinski definition) is 3. The van der Waals surface area contributed by atoms with E-state index in [1.807, 2.05) is 0 Å². The molecule has 0 heterocycles. The maximum Gasteiger partial charge on any atom is 0.328 e. The van der Waals surface area contributed by atoms with Crippen LogP contribution in [-0.2, 0) is 4.79 Å². The fraction of sp³-hybridized carbons (Fsp3) is 0.100. The molecule has 0 fully saturated rings. The molecule has 0 saturated carbocycles. The van der Waals surface area contributed by atoms with Crippen molar-refractivity contribution in [3.8, 4) is 0 Å². The maximum atomic E-state index is 10.7. The molecular formula is C10H8BrNO4. The second-order valence-corrected chi connectivity index (χ2v) is 3.89. The van der Waals surface area contributed by atoms with Crippen LogP contribution in [0, 0.1) is 17.0 Å². The third-order valence-electron chi connectivity index (χ3n) is 1.87. The molecule has 1 rings (SSSR count). The first-order valence-electron chi connectivity index (χ1n) is 4.27. The van der Waals surface area contributed by atoms with E-state index < -0.39 is 10.9 Å². The van der Waals surface area contributed by atoms with Crippen molar-refractivity contribution in [3.63, 3.8) is 0 Å². The van der Waals surface area contributed by atoms with Crippen molar-refractivity contribution >= 4 is 33.7 Å². The summed E-state index contributed by atoms with van der Waals surface area (Å²) in [6.45, 7) is 1.70. The van der Waals surface area contributed by atoms with Gasteiger partial charge in [-0.1, -0.05) is 6.07 Å². The highest BCUT2D eigenvalue weighted by Crippen LogP contribution is 2.29. The molecule has 0 saturated heterocycles. The number of hydrogen-bond donors (Lipinski definition) is 1. The number of nitro groups is 1. The maximum absolute atomic E-state index is 10.7. The minimum Gasteiger partial charge on any atom is -0.478 e. The highest BCUT2D eigenvalue weighted by atomic mass is 79.9. The van der Waals surface area contributed by atoms with Crippen molar-refractivity contribution in [3.05, 3.63) is 43.9 Å². The number of nitrogens with zero attached hydrogens (tertiary/aromatic N) is 1. The molecular weight excluding hydrogens is 278 g/mol. The Morgan fingerprint density at radius 3 is 2.69 bits per heavy atom. The van der Waals surface area contributed by atoms with Crippen molar-refractivity contribution in [1.29, 1.82) is 0 Å². The number of halogens is 1. The van der Waals surface area contributed by atoms with Crippen LogP contribution in [0.25, 0.3) is 6.08 Å². The van der Waals surface area contributed by atoms with Gasteiger partial charge in [0.1, 0.15) is 0 Å². The predicted octanol–water partition coefficient (Wildman–Crippen LogP) is 2.76. The lowest BCUT2D eigenvalue weighted by Gasteiger charge is -2.01. The number of aliphatic carboxylic acids is 1. The van der Waals surface area contributed by atoms with E-state index in [0.29, 0.717) is 15.6 Å². The van der Waals surface area contributed by atoms with Crippen LogP contribution in [0.15, 0.2) is 22.7 Å². The van der Waals surface area contributed by atoms with E-state index in [0.717, 1.165) is 6.08 Å². The minimum atomic E-state index is -1.09. The summed E-state index contributed by atoms with van der Waals surface area (Å²) in [6, 6.07) is 2.98. The molecule has 84 valence electrons. The monoisotopic (exact) mass is 285 g/mol. The van der Waals surface area contributed by atoms with E-state index in [2.05, 4.69) is 15.9 Å². The van der Waals surface area contributed by atoms with E-state index in [4.69, 9.17) is 5.11 Å². The number of rotatable bonds is 3.